The lowest BCUT2D eigenvalue weighted by atomic mass is 10.0. The van der Waals surface area contributed by atoms with Gasteiger partial charge in [-0.05, 0) is 30.2 Å². The summed E-state index contributed by atoms with van der Waals surface area (Å²) in [6.07, 6.45) is 1.89. The average Bonchev–Trinajstić information content (AvgIpc) is 3.01. The number of fused-ring (bicyclic) bond motifs is 1. The van der Waals surface area contributed by atoms with Crippen molar-refractivity contribution in [3.63, 3.8) is 0 Å². The van der Waals surface area contributed by atoms with Crippen LogP contribution in [0.1, 0.15) is 5.69 Å². The number of benzene rings is 2. The molecule has 22 heavy (non-hydrogen) atoms. The zero-order valence-corrected chi connectivity index (χ0v) is 12.4. The number of aryl methyl sites for hydroxylation is 1. The van der Waals surface area contributed by atoms with Gasteiger partial charge in [-0.2, -0.15) is 0 Å². The maximum Gasteiger partial charge on any atom is 0.100 e. The van der Waals surface area contributed by atoms with Gasteiger partial charge >= 0.3 is 0 Å². The van der Waals surface area contributed by atoms with Gasteiger partial charge in [-0.15, -0.1) is 0 Å². The summed E-state index contributed by atoms with van der Waals surface area (Å²) in [5.41, 5.74) is 6.98. The van der Waals surface area contributed by atoms with Crippen LogP contribution in [-0.2, 0) is 0 Å². The first-order chi connectivity index (χ1) is 10.8. The zero-order valence-electron chi connectivity index (χ0n) is 12.4. The number of imidazole rings is 1. The normalized spacial score (nSPS) is 11.0. The molecule has 0 N–H and O–H groups in total. The average molecular weight is 284 g/mol. The van der Waals surface area contributed by atoms with Crippen molar-refractivity contribution in [2.45, 2.75) is 6.92 Å². The highest BCUT2D eigenvalue weighted by Gasteiger charge is 2.08. The van der Waals surface area contributed by atoms with Crippen molar-refractivity contribution in [1.82, 2.24) is 9.38 Å². The quantitative estimate of drug-likeness (QED) is 0.507. The Morgan fingerprint density at radius 1 is 0.682 bits per heavy atom. The van der Waals surface area contributed by atoms with E-state index >= 15 is 0 Å². The number of pyridine rings is 1. The van der Waals surface area contributed by atoms with Crippen molar-refractivity contribution in [1.29, 1.82) is 0 Å². The van der Waals surface area contributed by atoms with E-state index in [9.17, 15) is 0 Å². The molecule has 2 heteroatoms. The molecule has 4 aromatic rings. The summed E-state index contributed by atoms with van der Waals surface area (Å²) in [7, 11) is 0. The van der Waals surface area contributed by atoms with Crippen molar-refractivity contribution >= 4 is 5.52 Å². The van der Waals surface area contributed by atoms with E-state index in [4.69, 9.17) is 0 Å². The smallest absolute Gasteiger partial charge is 0.100 e. The first kappa shape index (κ1) is 12.8. The number of hydrogen-bond acceptors (Lipinski definition) is 1. The number of nitrogens with zero attached hydrogens (tertiary/aromatic N) is 2. The van der Waals surface area contributed by atoms with Gasteiger partial charge in [0.25, 0.3) is 0 Å². The van der Waals surface area contributed by atoms with E-state index in [0.717, 1.165) is 16.8 Å². The first-order valence-electron chi connectivity index (χ1n) is 7.41. The second kappa shape index (κ2) is 5.15. The van der Waals surface area contributed by atoms with E-state index in [2.05, 4.69) is 83.0 Å². The fourth-order valence-corrected chi connectivity index (χ4v) is 2.83. The highest BCUT2D eigenvalue weighted by Crippen LogP contribution is 2.27. The molecule has 0 amide bonds. The van der Waals surface area contributed by atoms with Gasteiger partial charge in [0.15, 0.2) is 0 Å². The van der Waals surface area contributed by atoms with Gasteiger partial charge in [0.05, 0.1) is 11.2 Å². The van der Waals surface area contributed by atoms with Crippen molar-refractivity contribution in [3.8, 4) is 22.4 Å². The lowest BCUT2D eigenvalue weighted by molar-refractivity contribution is 1.07. The Morgan fingerprint density at radius 2 is 1.36 bits per heavy atom. The fourth-order valence-electron chi connectivity index (χ4n) is 2.83. The van der Waals surface area contributed by atoms with Crippen LogP contribution in [0, 0.1) is 6.92 Å². The molecule has 0 spiro atoms. The third kappa shape index (κ3) is 2.09. The number of aromatic nitrogens is 2. The van der Waals surface area contributed by atoms with Gasteiger partial charge in [-0.1, -0.05) is 60.7 Å². The van der Waals surface area contributed by atoms with Crippen LogP contribution in [0.2, 0.25) is 0 Å². The molecule has 0 fully saturated rings. The van der Waals surface area contributed by atoms with Gasteiger partial charge in [0.2, 0.25) is 0 Å². The van der Waals surface area contributed by atoms with E-state index in [-0.39, 0.29) is 0 Å². The molecule has 2 nitrogen and oxygen atoms in total. The molecule has 0 atom stereocenters. The van der Waals surface area contributed by atoms with Gasteiger partial charge in [0.1, 0.15) is 6.33 Å². The van der Waals surface area contributed by atoms with E-state index in [1.165, 1.54) is 16.8 Å². The molecule has 0 aliphatic carbocycles. The Bertz CT molecular complexity index is 919. The summed E-state index contributed by atoms with van der Waals surface area (Å²) in [6.45, 7) is 2.09. The lowest BCUT2D eigenvalue weighted by Crippen LogP contribution is -1.87. The Morgan fingerprint density at radius 3 is 2.14 bits per heavy atom. The molecule has 2 heterocycles. The van der Waals surface area contributed by atoms with Crippen LogP contribution in [-0.4, -0.2) is 9.38 Å². The predicted octanol–water partition coefficient (Wildman–Crippen LogP) is 4.98. The molecule has 4 rings (SSSR count). The number of hydrogen-bond donors (Lipinski definition) is 0. The summed E-state index contributed by atoms with van der Waals surface area (Å²) in [6, 6.07) is 25.3. The van der Waals surface area contributed by atoms with Crippen LogP contribution < -0.4 is 0 Å². The van der Waals surface area contributed by atoms with Gasteiger partial charge in [0, 0.05) is 11.3 Å². The van der Waals surface area contributed by atoms with Gasteiger partial charge in [-0.3, -0.25) is 0 Å². The predicted molar refractivity (Wildman–Crippen MR) is 90.8 cm³/mol. The van der Waals surface area contributed by atoms with E-state index in [1.807, 2.05) is 12.4 Å². The molecule has 0 radical (unpaired) electrons. The second-order valence-corrected chi connectivity index (χ2v) is 5.46. The third-order valence-electron chi connectivity index (χ3n) is 4.04. The molecule has 2 aromatic heterocycles. The summed E-state index contributed by atoms with van der Waals surface area (Å²) >= 11 is 0. The fraction of sp³-hybridized carbons (Fsp3) is 0.0500. The van der Waals surface area contributed by atoms with Crippen molar-refractivity contribution in [2.24, 2.45) is 0 Å². The van der Waals surface area contributed by atoms with Crippen LogP contribution in [0.5, 0.6) is 0 Å². The summed E-state index contributed by atoms with van der Waals surface area (Å²) < 4.78 is 2.13. The second-order valence-electron chi connectivity index (χ2n) is 5.46. The minimum Gasteiger partial charge on any atom is -0.303 e. The SMILES string of the molecule is Cc1cccc2c(-c3ccc(-c4ccccc4)cc3)ncn12. The Balaban J connectivity index is 1.78. The van der Waals surface area contributed by atoms with Crippen LogP contribution in [0.15, 0.2) is 79.1 Å². The summed E-state index contributed by atoms with van der Waals surface area (Å²) in [4.78, 5) is 4.59. The largest absolute Gasteiger partial charge is 0.303 e. The molecule has 0 saturated heterocycles. The lowest BCUT2D eigenvalue weighted by Gasteiger charge is -2.04. The van der Waals surface area contributed by atoms with Crippen molar-refractivity contribution < 1.29 is 0 Å². The van der Waals surface area contributed by atoms with Crippen LogP contribution in [0.3, 0.4) is 0 Å². The molecule has 0 saturated carbocycles. The zero-order chi connectivity index (χ0) is 14.9. The van der Waals surface area contributed by atoms with E-state index in [0.29, 0.717) is 0 Å². The van der Waals surface area contributed by atoms with Crippen molar-refractivity contribution in [3.05, 3.63) is 84.8 Å². The van der Waals surface area contributed by atoms with Crippen LogP contribution >= 0.6 is 0 Å². The standard InChI is InChI=1S/C20H16N2/c1-15-6-5-9-19-20(21-14-22(15)19)18-12-10-17(11-13-18)16-7-3-2-4-8-16/h2-14H,1H3. The summed E-state index contributed by atoms with van der Waals surface area (Å²) in [5.74, 6) is 0. The molecular formula is C20H16N2. The van der Waals surface area contributed by atoms with Crippen LogP contribution in [0.25, 0.3) is 27.9 Å². The third-order valence-corrected chi connectivity index (χ3v) is 4.04. The van der Waals surface area contributed by atoms with Gasteiger partial charge < -0.3 is 4.40 Å². The first-order valence-corrected chi connectivity index (χ1v) is 7.41. The molecule has 0 aliphatic rings. The van der Waals surface area contributed by atoms with Crippen LogP contribution in [0.4, 0.5) is 0 Å². The Kier molecular flexibility index (Phi) is 3.01. The van der Waals surface area contributed by atoms with Crippen molar-refractivity contribution in [2.75, 3.05) is 0 Å². The molecule has 0 unspecified atom stereocenters. The molecule has 106 valence electrons. The molecular weight excluding hydrogens is 268 g/mol. The maximum absolute atomic E-state index is 4.59. The van der Waals surface area contributed by atoms with Gasteiger partial charge in [-0.25, -0.2) is 4.98 Å². The minimum atomic E-state index is 1.03. The monoisotopic (exact) mass is 284 g/mol. The maximum atomic E-state index is 4.59. The minimum absolute atomic E-state index is 1.03. The Labute approximate surface area is 129 Å². The Hall–Kier alpha value is -2.87. The highest BCUT2D eigenvalue weighted by atomic mass is 15.0. The van der Waals surface area contributed by atoms with E-state index < -0.39 is 0 Å². The topological polar surface area (TPSA) is 17.3 Å². The number of rotatable bonds is 2. The highest BCUT2D eigenvalue weighted by molar-refractivity contribution is 5.79. The molecule has 0 aliphatic heterocycles. The molecule has 0 bridgehead atoms. The van der Waals surface area contributed by atoms with E-state index in [1.54, 1.807) is 0 Å². The summed E-state index contributed by atoms with van der Waals surface area (Å²) in [5, 5.41) is 0. The molecule has 2 aromatic carbocycles.